The number of rotatable bonds is 5. The Labute approximate surface area is 146 Å². The lowest BCUT2D eigenvalue weighted by atomic mass is 9.61. The summed E-state index contributed by atoms with van der Waals surface area (Å²) >= 11 is 0. The molecule has 0 bridgehead atoms. The highest BCUT2D eigenvalue weighted by molar-refractivity contribution is 6.02. The Morgan fingerprint density at radius 2 is 2.00 bits per heavy atom. The molecule has 1 spiro atoms. The summed E-state index contributed by atoms with van der Waals surface area (Å²) < 4.78 is 0. The molecule has 2 aliphatic carbocycles. The number of nitrogens with one attached hydrogen (secondary N) is 1. The molecule has 4 heteroatoms. The van der Waals surface area contributed by atoms with Gasteiger partial charge in [-0.15, -0.1) is 0 Å². The van der Waals surface area contributed by atoms with Crippen molar-refractivity contribution < 1.29 is 9.59 Å². The van der Waals surface area contributed by atoms with E-state index in [1.807, 2.05) is 18.7 Å². The molecule has 0 aromatic carbocycles. The fraction of sp³-hybridized carbons (Fsp3) is 0.800. The zero-order valence-electron chi connectivity index (χ0n) is 15.3. The first-order valence-electron chi connectivity index (χ1n) is 9.84. The molecule has 0 aromatic heterocycles. The van der Waals surface area contributed by atoms with Crippen molar-refractivity contribution in [1.29, 1.82) is 0 Å². The fourth-order valence-corrected chi connectivity index (χ4v) is 4.85. The lowest BCUT2D eigenvalue weighted by Gasteiger charge is -2.58. The van der Waals surface area contributed by atoms with Gasteiger partial charge in [0.05, 0.1) is 5.41 Å². The van der Waals surface area contributed by atoms with Crippen molar-refractivity contribution in [3.63, 3.8) is 0 Å². The summed E-state index contributed by atoms with van der Waals surface area (Å²) in [5.41, 5.74) is 1.09. The molecule has 134 valence electrons. The summed E-state index contributed by atoms with van der Waals surface area (Å²) in [6.07, 6.45) is 13.4. The maximum absolute atomic E-state index is 12.9. The van der Waals surface area contributed by atoms with Crippen LogP contribution in [0.2, 0.25) is 0 Å². The van der Waals surface area contributed by atoms with Crippen molar-refractivity contribution in [2.75, 3.05) is 6.54 Å². The highest BCUT2D eigenvalue weighted by Crippen LogP contribution is 2.50. The first-order valence-corrected chi connectivity index (χ1v) is 9.84. The van der Waals surface area contributed by atoms with Crippen LogP contribution in [-0.4, -0.2) is 35.3 Å². The molecule has 0 radical (unpaired) electrons. The third-order valence-electron chi connectivity index (χ3n) is 6.14. The van der Waals surface area contributed by atoms with E-state index in [-0.39, 0.29) is 23.9 Å². The van der Waals surface area contributed by atoms with Gasteiger partial charge in [0, 0.05) is 12.6 Å². The van der Waals surface area contributed by atoms with E-state index >= 15 is 0 Å². The number of β-lactam (4-membered cyclic amide) rings is 1. The van der Waals surface area contributed by atoms with E-state index in [0.29, 0.717) is 6.54 Å². The molecule has 3 rings (SSSR count). The zero-order valence-corrected chi connectivity index (χ0v) is 15.3. The quantitative estimate of drug-likeness (QED) is 0.618. The van der Waals surface area contributed by atoms with Gasteiger partial charge in [0.15, 0.2) is 0 Å². The van der Waals surface area contributed by atoms with E-state index in [1.165, 1.54) is 37.7 Å². The van der Waals surface area contributed by atoms with Gasteiger partial charge in [-0.05, 0) is 58.8 Å². The number of amides is 2. The molecule has 1 aliphatic heterocycles. The van der Waals surface area contributed by atoms with Gasteiger partial charge < -0.3 is 10.2 Å². The summed E-state index contributed by atoms with van der Waals surface area (Å²) in [7, 11) is 0. The van der Waals surface area contributed by atoms with Crippen molar-refractivity contribution in [3.05, 3.63) is 11.6 Å². The van der Waals surface area contributed by atoms with E-state index in [4.69, 9.17) is 0 Å². The normalized spacial score (nSPS) is 26.3. The summed E-state index contributed by atoms with van der Waals surface area (Å²) in [5.74, 6) is 0.286. The SMILES string of the molecule is CC(C)N1C(=O)C2(CCCCC2)C1C(=O)NCCC1=CCCCC1. The number of hydrogen-bond donors (Lipinski definition) is 1. The second-order valence-corrected chi connectivity index (χ2v) is 8.07. The van der Waals surface area contributed by atoms with Gasteiger partial charge in [0.2, 0.25) is 11.8 Å². The fourth-order valence-electron chi connectivity index (χ4n) is 4.85. The highest BCUT2D eigenvalue weighted by Gasteiger charge is 2.63. The van der Waals surface area contributed by atoms with Gasteiger partial charge >= 0.3 is 0 Å². The second-order valence-electron chi connectivity index (χ2n) is 8.07. The molecular weight excluding hydrogens is 300 g/mol. The summed E-state index contributed by atoms with van der Waals surface area (Å²) in [6.45, 7) is 4.73. The van der Waals surface area contributed by atoms with Crippen LogP contribution in [0.4, 0.5) is 0 Å². The first kappa shape index (κ1) is 17.5. The van der Waals surface area contributed by atoms with Gasteiger partial charge in [0.1, 0.15) is 6.04 Å². The Kier molecular flexibility index (Phi) is 5.31. The van der Waals surface area contributed by atoms with Crippen LogP contribution in [0.3, 0.4) is 0 Å². The number of carbonyl (C=O) groups is 2. The van der Waals surface area contributed by atoms with Crippen molar-refractivity contribution in [2.24, 2.45) is 5.41 Å². The molecule has 2 fully saturated rings. The highest BCUT2D eigenvalue weighted by atomic mass is 16.2. The average Bonchev–Trinajstić information content (AvgIpc) is 2.60. The van der Waals surface area contributed by atoms with Gasteiger partial charge in [0.25, 0.3) is 0 Å². The molecular formula is C20H32N2O2. The Morgan fingerprint density at radius 3 is 2.62 bits per heavy atom. The maximum atomic E-state index is 12.9. The lowest BCUT2D eigenvalue weighted by Crippen LogP contribution is -2.75. The monoisotopic (exact) mass is 332 g/mol. The van der Waals surface area contributed by atoms with Crippen LogP contribution in [0.25, 0.3) is 0 Å². The molecule has 1 N–H and O–H groups in total. The minimum atomic E-state index is -0.392. The van der Waals surface area contributed by atoms with Crippen molar-refractivity contribution in [2.45, 2.75) is 90.1 Å². The molecule has 1 saturated carbocycles. The summed E-state index contributed by atoms with van der Waals surface area (Å²) in [6, 6.07) is -0.146. The van der Waals surface area contributed by atoms with Crippen LogP contribution in [0.5, 0.6) is 0 Å². The molecule has 3 aliphatic rings. The van der Waals surface area contributed by atoms with Crippen LogP contribution in [-0.2, 0) is 9.59 Å². The number of nitrogens with zero attached hydrogens (tertiary/aromatic N) is 1. The molecule has 4 nitrogen and oxygen atoms in total. The van der Waals surface area contributed by atoms with Crippen molar-refractivity contribution >= 4 is 11.8 Å². The molecule has 1 saturated heterocycles. The first-order chi connectivity index (χ1) is 11.6. The Hall–Kier alpha value is -1.32. The summed E-state index contributed by atoms with van der Waals surface area (Å²) in [4.78, 5) is 27.4. The average molecular weight is 332 g/mol. The largest absolute Gasteiger partial charge is 0.354 e. The molecule has 1 heterocycles. The maximum Gasteiger partial charge on any atom is 0.243 e. The number of hydrogen-bond acceptors (Lipinski definition) is 2. The molecule has 1 atom stereocenters. The molecule has 0 aromatic rings. The second kappa shape index (κ2) is 7.28. The minimum Gasteiger partial charge on any atom is -0.354 e. The van der Waals surface area contributed by atoms with E-state index in [2.05, 4.69) is 11.4 Å². The predicted octanol–water partition coefficient (Wildman–Crippen LogP) is 3.56. The number of carbonyl (C=O) groups excluding carboxylic acids is 2. The van der Waals surface area contributed by atoms with Gasteiger partial charge in [-0.3, -0.25) is 9.59 Å². The van der Waals surface area contributed by atoms with E-state index in [1.54, 1.807) is 0 Å². The van der Waals surface area contributed by atoms with E-state index in [0.717, 1.165) is 32.1 Å². The Morgan fingerprint density at radius 1 is 1.25 bits per heavy atom. The summed E-state index contributed by atoms with van der Waals surface area (Å²) in [5, 5.41) is 3.14. The van der Waals surface area contributed by atoms with Gasteiger partial charge in [-0.2, -0.15) is 0 Å². The zero-order chi connectivity index (χ0) is 17.2. The van der Waals surface area contributed by atoms with Crippen LogP contribution < -0.4 is 5.32 Å². The standard InChI is InChI=1S/C20H32N2O2/c1-15(2)22-17(20(19(22)24)12-7-4-8-13-20)18(23)21-14-11-16-9-5-3-6-10-16/h9,15,17H,3-8,10-14H2,1-2H3,(H,21,23). The van der Waals surface area contributed by atoms with Crippen LogP contribution in [0.1, 0.15) is 78.1 Å². The van der Waals surface area contributed by atoms with E-state index < -0.39 is 5.41 Å². The minimum absolute atomic E-state index is 0.0709. The predicted molar refractivity (Wildman–Crippen MR) is 95.5 cm³/mol. The molecule has 2 amide bonds. The van der Waals surface area contributed by atoms with Crippen LogP contribution in [0.15, 0.2) is 11.6 Å². The van der Waals surface area contributed by atoms with Crippen molar-refractivity contribution in [3.8, 4) is 0 Å². The van der Waals surface area contributed by atoms with Crippen LogP contribution in [0, 0.1) is 5.41 Å². The lowest BCUT2D eigenvalue weighted by molar-refractivity contribution is -0.185. The third-order valence-corrected chi connectivity index (χ3v) is 6.14. The van der Waals surface area contributed by atoms with Crippen molar-refractivity contribution in [1.82, 2.24) is 10.2 Å². The Balaban J connectivity index is 1.61. The van der Waals surface area contributed by atoms with E-state index in [9.17, 15) is 9.59 Å². The Bertz CT molecular complexity index is 518. The third kappa shape index (κ3) is 3.12. The molecule has 24 heavy (non-hydrogen) atoms. The van der Waals surface area contributed by atoms with Gasteiger partial charge in [-0.1, -0.05) is 30.9 Å². The smallest absolute Gasteiger partial charge is 0.243 e. The topological polar surface area (TPSA) is 49.4 Å². The number of allylic oxidation sites excluding steroid dienone is 1. The number of likely N-dealkylation sites (tertiary alicyclic amines) is 1. The van der Waals surface area contributed by atoms with Gasteiger partial charge in [-0.25, -0.2) is 0 Å². The molecule has 1 unspecified atom stereocenters. The van der Waals surface area contributed by atoms with Crippen LogP contribution >= 0.6 is 0 Å².